The van der Waals surface area contributed by atoms with Gasteiger partial charge >= 0.3 is 6.01 Å². The smallest absolute Gasteiger partial charge is 0.319 e. The third kappa shape index (κ3) is 11.7. The largest absolute Gasteiger partial charge is 0.486 e. The molecule has 7 atom stereocenters. The summed E-state index contributed by atoms with van der Waals surface area (Å²) in [5.74, 6) is 0.0132. The minimum Gasteiger partial charge on any atom is -0.486 e. The van der Waals surface area contributed by atoms with Crippen LogP contribution in [0.4, 0.5) is 10.2 Å². The number of aromatic amines is 1. The Morgan fingerprint density at radius 2 is 1.88 bits per heavy atom. The third-order valence-electron chi connectivity index (χ3n) is 15.7. The fourth-order valence-corrected chi connectivity index (χ4v) is 11.4. The highest BCUT2D eigenvalue weighted by Crippen LogP contribution is 2.47. The molecule has 0 spiro atoms. The van der Waals surface area contributed by atoms with Gasteiger partial charge in [-0.2, -0.15) is 15.1 Å². The summed E-state index contributed by atoms with van der Waals surface area (Å²) in [5, 5.41) is 35.0. The van der Waals surface area contributed by atoms with Gasteiger partial charge in [0.05, 0.1) is 41.9 Å². The van der Waals surface area contributed by atoms with E-state index in [9.17, 15) is 14.7 Å². The molecule has 2 bridgehead atoms. The summed E-state index contributed by atoms with van der Waals surface area (Å²) in [5.41, 5.74) is 7.68. The highest BCUT2D eigenvalue weighted by atomic mass is 19.1. The average Bonchev–Trinajstić information content (AvgIpc) is 4.49. The molecular formula is C61H75FN12O6. The number of nitrogens with zero attached hydrogens (tertiary/aromatic N) is 9. The van der Waals surface area contributed by atoms with Crippen molar-refractivity contribution in [3.05, 3.63) is 125 Å². The van der Waals surface area contributed by atoms with Crippen molar-refractivity contribution >= 4 is 51.9 Å². The van der Waals surface area contributed by atoms with Gasteiger partial charge in [-0.05, 0) is 106 Å². The number of anilines is 1. The molecule has 19 heteroatoms. The second-order valence-corrected chi connectivity index (χ2v) is 21.2. The van der Waals surface area contributed by atoms with Crippen molar-refractivity contribution in [3.63, 3.8) is 0 Å². The van der Waals surface area contributed by atoms with Crippen LogP contribution >= 0.6 is 0 Å². The molecule has 3 saturated heterocycles. The van der Waals surface area contributed by atoms with Crippen LogP contribution < -0.4 is 25.0 Å². The van der Waals surface area contributed by atoms with E-state index in [1.807, 2.05) is 103 Å². The number of methoxy groups -OCH3 is 1. The van der Waals surface area contributed by atoms with Gasteiger partial charge in [0.25, 0.3) is 0 Å². The Bertz CT molecular complexity index is 3350. The lowest BCUT2D eigenvalue weighted by Crippen LogP contribution is -2.50. The van der Waals surface area contributed by atoms with Crippen molar-refractivity contribution in [2.45, 2.75) is 123 Å². The van der Waals surface area contributed by atoms with Crippen LogP contribution in [0.3, 0.4) is 0 Å². The molecule has 3 aromatic heterocycles. The van der Waals surface area contributed by atoms with Gasteiger partial charge in [-0.15, -0.1) is 5.10 Å². The van der Waals surface area contributed by atoms with Crippen LogP contribution in [-0.4, -0.2) is 134 Å². The van der Waals surface area contributed by atoms with E-state index in [0.717, 1.165) is 58.4 Å². The van der Waals surface area contributed by atoms with Gasteiger partial charge in [-0.1, -0.05) is 87.6 Å². The number of aliphatic hydroxyl groups excluding tert-OH is 1. The lowest BCUT2D eigenvalue weighted by atomic mass is 9.91. The highest BCUT2D eigenvalue weighted by molar-refractivity contribution is 6.06. The molecule has 422 valence electrons. The molecule has 2 amide bonds. The van der Waals surface area contributed by atoms with E-state index >= 15 is 4.39 Å². The van der Waals surface area contributed by atoms with Crippen LogP contribution in [-0.2, 0) is 14.3 Å². The van der Waals surface area contributed by atoms with Crippen molar-refractivity contribution in [2.75, 3.05) is 51.5 Å². The number of hydrogen-bond acceptors (Lipinski definition) is 14. The van der Waals surface area contributed by atoms with Gasteiger partial charge in [0.2, 0.25) is 11.8 Å². The van der Waals surface area contributed by atoms with E-state index < -0.39 is 18.1 Å². The van der Waals surface area contributed by atoms with Crippen molar-refractivity contribution in [3.8, 4) is 22.9 Å². The van der Waals surface area contributed by atoms with Crippen molar-refractivity contribution in [2.24, 2.45) is 10.9 Å². The molecule has 6 heterocycles. The quantitative estimate of drug-likeness (QED) is 0.0416. The number of ether oxygens (including phenoxy) is 3. The first-order chi connectivity index (χ1) is 38.8. The first-order valence-electron chi connectivity index (χ1n) is 28.0. The van der Waals surface area contributed by atoms with Crippen molar-refractivity contribution < 1.29 is 33.3 Å². The van der Waals surface area contributed by atoms with E-state index in [1.165, 1.54) is 6.07 Å². The number of halogens is 1. The van der Waals surface area contributed by atoms with Crippen LogP contribution in [0.5, 0.6) is 11.8 Å². The predicted molar refractivity (Wildman–Crippen MR) is 310 cm³/mol. The number of carbonyl (C=O) groups is 2. The number of aryl methyl sites for hydroxylation is 1. The number of aliphatic hydroxyl groups is 1. The SMILES string of the molecule is C=N/C(=C\C=C/C)c1ccc(C(CO)NC(=O)C2CCCN2C(=O)C(C(C)C)n2cc(C3C=CC(COc4c(-c5c(C)c(F)cc6[nH]ncc56)c(C)cc5c(N6CC7CC6CN7)nc(OC[C@H](C)OC)nc45)=CC3)nn2)cc1.CC. The number of aliphatic imine (C=N–C) groups is 1. The summed E-state index contributed by atoms with van der Waals surface area (Å²) in [6.45, 7) is 21.4. The van der Waals surface area contributed by atoms with Crippen LogP contribution in [0, 0.1) is 25.6 Å². The van der Waals surface area contributed by atoms with E-state index in [0.29, 0.717) is 76.7 Å². The number of H-pyrrole nitrogens is 1. The summed E-state index contributed by atoms with van der Waals surface area (Å²) < 4.78 is 36.3. The second-order valence-electron chi connectivity index (χ2n) is 21.2. The number of amides is 2. The van der Waals surface area contributed by atoms with Crippen molar-refractivity contribution in [1.82, 2.24) is 50.7 Å². The first-order valence-corrected chi connectivity index (χ1v) is 28.0. The molecule has 0 radical (unpaired) electrons. The van der Waals surface area contributed by atoms with E-state index in [4.69, 9.17) is 24.2 Å². The van der Waals surface area contributed by atoms with Crippen molar-refractivity contribution in [1.29, 1.82) is 0 Å². The molecule has 0 saturated carbocycles. The lowest BCUT2D eigenvalue weighted by molar-refractivity contribution is -0.142. The number of piperazine rings is 1. The second kappa shape index (κ2) is 25.2. The molecule has 6 unspecified atom stereocenters. The van der Waals surface area contributed by atoms with Gasteiger partial charge in [0, 0.05) is 78.4 Å². The Balaban J connectivity index is 0.00000383. The molecule has 3 aliphatic heterocycles. The standard InChI is InChI=1S/C59H69FN12O6.C2H6/c1-9-10-12-46(61-7)38-18-20-40(21-19-38)49(30-73)64-57(74)50-13-11-22-70(50)58(75)54(33(2)3)72-29-48(68-69-72)39-16-14-37(15-17-39)32-77-55-51(52-36(6)45(60)25-47-44(52)27-63-67-47)34(4)23-43-53(55)65-59(78-31-35(5)76-8)66-56(43)71-28-41-24-42(71)26-62-41;1-2/h9-10,12,14-16,18-21,23,25,27,29,33,35,39,41-42,49-50,54,62,73H,7,11,13,17,22,24,26,28,30-32H2,1-6,8H3,(H,63,67)(H,64,74);1-2H3/b10-9-,46-12-;/t35-,39?,41?,42?,49?,50?,54?;/m0./s1. The van der Waals surface area contributed by atoms with E-state index in [1.54, 1.807) is 29.8 Å². The summed E-state index contributed by atoms with van der Waals surface area (Å²) in [6.07, 6.45) is 17.9. The molecule has 18 nitrogen and oxygen atoms in total. The van der Waals surface area contributed by atoms with Crippen LogP contribution in [0.1, 0.15) is 113 Å². The summed E-state index contributed by atoms with van der Waals surface area (Å²) in [4.78, 5) is 46.7. The Kier molecular flexibility index (Phi) is 18.0. The summed E-state index contributed by atoms with van der Waals surface area (Å²) in [6, 6.07) is 9.70. The van der Waals surface area contributed by atoms with E-state index in [2.05, 4.69) is 66.0 Å². The number of aromatic nitrogens is 7. The molecule has 4 N–H and O–H groups in total. The molecule has 3 fully saturated rings. The van der Waals surface area contributed by atoms with Crippen LogP contribution in [0.2, 0.25) is 0 Å². The minimum atomic E-state index is -0.715. The Morgan fingerprint density at radius 3 is 2.55 bits per heavy atom. The molecule has 10 rings (SSSR count). The summed E-state index contributed by atoms with van der Waals surface area (Å²) >= 11 is 0. The fraction of sp³-hybridized carbons (Fsp3) is 0.443. The monoisotopic (exact) mass is 1090 g/mol. The average molecular weight is 1090 g/mol. The molecule has 1 aliphatic carbocycles. The molecule has 4 aliphatic rings. The Hall–Kier alpha value is -7.61. The summed E-state index contributed by atoms with van der Waals surface area (Å²) in [7, 11) is 1.63. The number of carbonyl (C=O) groups excluding carboxylic acids is 2. The number of nitrogens with one attached hydrogen (secondary N) is 3. The first kappa shape index (κ1) is 57.1. The fourth-order valence-electron chi connectivity index (χ4n) is 11.4. The number of rotatable bonds is 20. The maximum absolute atomic E-state index is 15.9. The van der Waals surface area contributed by atoms with Gasteiger partial charge < -0.3 is 39.8 Å². The topological polar surface area (TPSA) is 210 Å². The predicted octanol–water partition coefficient (Wildman–Crippen LogP) is 9.22. The highest BCUT2D eigenvalue weighted by Gasteiger charge is 2.42. The maximum atomic E-state index is 15.9. The number of benzene rings is 3. The lowest BCUT2D eigenvalue weighted by Gasteiger charge is -2.30. The zero-order valence-electron chi connectivity index (χ0n) is 47.4. The van der Waals surface area contributed by atoms with Gasteiger partial charge in [0.15, 0.2) is 5.75 Å². The number of fused-ring (bicyclic) bond motifs is 4. The number of allylic oxidation sites excluding steroid dienone is 5. The number of likely N-dealkylation sites (tertiary alicyclic amines) is 1. The molecular weight excluding hydrogens is 1020 g/mol. The van der Waals surface area contributed by atoms with Gasteiger partial charge in [0.1, 0.15) is 42.4 Å². The van der Waals surface area contributed by atoms with Gasteiger partial charge in [-0.25, -0.2) is 9.07 Å². The van der Waals surface area contributed by atoms with Gasteiger partial charge in [-0.3, -0.25) is 19.7 Å². The zero-order chi connectivity index (χ0) is 56.8. The van der Waals surface area contributed by atoms with E-state index in [-0.39, 0.29) is 67.4 Å². The Morgan fingerprint density at radius 1 is 1.07 bits per heavy atom. The molecule has 80 heavy (non-hydrogen) atoms. The Labute approximate surface area is 467 Å². The normalized spacial score (nSPS) is 20.1. The maximum Gasteiger partial charge on any atom is 0.319 e. The van der Waals surface area contributed by atoms with Crippen LogP contribution in [0.15, 0.2) is 95.8 Å². The zero-order valence-corrected chi connectivity index (χ0v) is 47.4. The third-order valence-corrected chi connectivity index (χ3v) is 15.7. The molecule has 6 aromatic rings. The number of hydrogen-bond donors (Lipinski definition) is 4. The molecule has 3 aromatic carbocycles. The minimum absolute atomic E-state index is 0.140. The van der Waals surface area contributed by atoms with Crippen LogP contribution in [0.25, 0.3) is 38.6 Å².